The summed E-state index contributed by atoms with van der Waals surface area (Å²) in [4.78, 5) is 2.29. The van der Waals surface area contributed by atoms with E-state index in [0.717, 1.165) is 25.9 Å². The van der Waals surface area contributed by atoms with Crippen LogP contribution in [-0.2, 0) is 9.84 Å². The average molecular weight is 202 g/mol. The molecule has 0 aromatic carbocycles. The van der Waals surface area contributed by atoms with E-state index in [2.05, 4.69) is 18.7 Å². The Hall–Kier alpha value is -0.120. The molecule has 1 radical (unpaired) electrons. The Balaban J connectivity index is 3.49. The van der Waals surface area contributed by atoms with Gasteiger partial charge in [0, 0.05) is 19.0 Å². The third-order valence-corrected chi connectivity index (χ3v) is 2.04. The van der Waals surface area contributed by atoms with E-state index in [1.165, 1.54) is 0 Å². The SMILES string of the molecule is CCCN(CCC)COCC(C)C[O]. The lowest BCUT2D eigenvalue weighted by Gasteiger charge is -2.21. The maximum atomic E-state index is 10.5. The Morgan fingerprint density at radius 3 is 2.21 bits per heavy atom. The first-order chi connectivity index (χ1) is 6.74. The number of rotatable bonds is 9. The molecule has 0 amide bonds. The van der Waals surface area contributed by atoms with Gasteiger partial charge in [-0.05, 0) is 12.8 Å². The highest BCUT2D eigenvalue weighted by Gasteiger charge is 2.04. The van der Waals surface area contributed by atoms with Gasteiger partial charge in [-0.2, -0.15) is 0 Å². The Labute approximate surface area is 88.1 Å². The van der Waals surface area contributed by atoms with E-state index in [-0.39, 0.29) is 12.5 Å². The Kier molecular flexibility index (Phi) is 9.35. The molecule has 0 N–H and O–H groups in total. The van der Waals surface area contributed by atoms with Crippen LogP contribution in [0.25, 0.3) is 0 Å². The van der Waals surface area contributed by atoms with Gasteiger partial charge in [-0.1, -0.05) is 20.8 Å². The van der Waals surface area contributed by atoms with Crippen molar-refractivity contribution in [2.24, 2.45) is 5.92 Å². The summed E-state index contributed by atoms with van der Waals surface area (Å²) >= 11 is 0. The monoisotopic (exact) mass is 202 g/mol. The van der Waals surface area contributed by atoms with Gasteiger partial charge in [-0.25, -0.2) is 5.11 Å². The molecule has 0 heterocycles. The van der Waals surface area contributed by atoms with Gasteiger partial charge in [0.15, 0.2) is 0 Å². The predicted molar refractivity (Wildman–Crippen MR) is 57.7 cm³/mol. The fraction of sp³-hybridized carbons (Fsp3) is 1.00. The number of nitrogens with zero attached hydrogens (tertiary/aromatic N) is 1. The summed E-state index contributed by atoms with van der Waals surface area (Å²) in [5.74, 6) is 0.139. The standard InChI is InChI=1S/C11H24NO2/c1-4-6-12(7-5-2)10-14-9-11(3)8-13/h11H,4-10H2,1-3H3. The molecule has 0 fully saturated rings. The van der Waals surface area contributed by atoms with E-state index in [1.807, 2.05) is 6.92 Å². The largest absolute Gasteiger partial charge is 0.366 e. The van der Waals surface area contributed by atoms with E-state index in [9.17, 15) is 5.11 Å². The summed E-state index contributed by atoms with van der Waals surface area (Å²) in [7, 11) is 0. The molecule has 3 nitrogen and oxygen atoms in total. The molecule has 0 bridgehead atoms. The first kappa shape index (κ1) is 13.9. The Bertz CT molecular complexity index is 114. The summed E-state index contributed by atoms with van der Waals surface area (Å²) < 4.78 is 5.48. The zero-order chi connectivity index (χ0) is 10.8. The first-order valence-corrected chi connectivity index (χ1v) is 5.62. The predicted octanol–water partition coefficient (Wildman–Crippen LogP) is 2.15. The van der Waals surface area contributed by atoms with Crippen LogP contribution in [-0.4, -0.2) is 37.9 Å². The minimum Gasteiger partial charge on any atom is -0.366 e. The van der Waals surface area contributed by atoms with Gasteiger partial charge >= 0.3 is 0 Å². The summed E-state index contributed by atoms with van der Waals surface area (Å²) in [5.41, 5.74) is 0. The molecule has 1 unspecified atom stereocenters. The maximum absolute atomic E-state index is 10.5. The van der Waals surface area contributed by atoms with Gasteiger partial charge < -0.3 is 4.74 Å². The third-order valence-electron chi connectivity index (χ3n) is 2.04. The molecule has 1 atom stereocenters. The molecule has 0 aromatic rings. The van der Waals surface area contributed by atoms with Crippen LogP contribution < -0.4 is 0 Å². The average Bonchev–Trinajstić information content (AvgIpc) is 2.18. The van der Waals surface area contributed by atoms with E-state index < -0.39 is 0 Å². The highest BCUT2D eigenvalue weighted by Crippen LogP contribution is 1.98. The third kappa shape index (κ3) is 7.30. The quantitative estimate of drug-likeness (QED) is 0.537. The Morgan fingerprint density at radius 2 is 1.79 bits per heavy atom. The lowest BCUT2D eigenvalue weighted by Crippen LogP contribution is -2.29. The molecule has 0 saturated heterocycles. The van der Waals surface area contributed by atoms with Crippen LogP contribution in [0.5, 0.6) is 0 Å². The number of ether oxygens (including phenoxy) is 1. The van der Waals surface area contributed by atoms with Crippen LogP contribution in [0.2, 0.25) is 0 Å². The van der Waals surface area contributed by atoms with Crippen molar-refractivity contribution in [3.05, 3.63) is 0 Å². The Morgan fingerprint density at radius 1 is 1.21 bits per heavy atom. The maximum Gasteiger partial charge on any atom is 0.0990 e. The minimum atomic E-state index is -0.0401. The second kappa shape index (κ2) is 9.44. The van der Waals surface area contributed by atoms with Crippen LogP contribution in [0.4, 0.5) is 0 Å². The summed E-state index contributed by atoms with van der Waals surface area (Å²) in [5, 5.41) is 10.5. The zero-order valence-corrected chi connectivity index (χ0v) is 9.79. The summed E-state index contributed by atoms with van der Waals surface area (Å²) in [6, 6.07) is 0. The minimum absolute atomic E-state index is 0.0401. The number of hydrogen-bond donors (Lipinski definition) is 0. The second-order valence-corrected chi connectivity index (χ2v) is 3.89. The molecule has 3 heteroatoms. The highest BCUT2D eigenvalue weighted by atomic mass is 16.5. The molecule has 0 aromatic heterocycles. The zero-order valence-electron chi connectivity index (χ0n) is 9.79. The van der Waals surface area contributed by atoms with Crippen LogP contribution in [0.15, 0.2) is 0 Å². The topological polar surface area (TPSA) is 32.4 Å². The molecule has 0 aliphatic rings. The van der Waals surface area contributed by atoms with Gasteiger partial charge in [0.1, 0.15) is 0 Å². The van der Waals surface area contributed by atoms with Crippen LogP contribution >= 0.6 is 0 Å². The van der Waals surface area contributed by atoms with E-state index >= 15 is 0 Å². The lowest BCUT2D eigenvalue weighted by molar-refractivity contribution is -0.00254. The van der Waals surface area contributed by atoms with Crippen molar-refractivity contribution in [2.75, 3.05) is 33.0 Å². The van der Waals surface area contributed by atoms with Gasteiger partial charge in [0.25, 0.3) is 0 Å². The van der Waals surface area contributed by atoms with E-state index in [1.54, 1.807) is 0 Å². The normalized spacial score (nSPS) is 13.5. The van der Waals surface area contributed by atoms with Crippen molar-refractivity contribution in [1.29, 1.82) is 0 Å². The molecule has 0 spiro atoms. The van der Waals surface area contributed by atoms with Crippen molar-refractivity contribution in [1.82, 2.24) is 4.90 Å². The van der Waals surface area contributed by atoms with Gasteiger partial charge in [-0.15, -0.1) is 0 Å². The van der Waals surface area contributed by atoms with Gasteiger partial charge in [0.2, 0.25) is 0 Å². The number of hydrogen-bond acceptors (Lipinski definition) is 2. The first-order valence-electron chi connectivity index (χ1n) is 5.62. The molecule has 0 saturated carbocycles. The van der Waals surface area contributed by atoms with Crippen molar-refractivity contribution in [3.63, 3.8) is 0 Å². The van der Waals surface area contributed by atoms with Crippen LogP contribution in [0, 0.1) is 5.92 Å². The van der Waals surface area contributed by atoms with Gasteiger partial charge in [-0.3, -0.25) is 4.90 Å². The fourth-order valence-electron chi connectivity index (χ4n) is 1.30. The molecule has 0 rings (SSSR count). The van der Waals surface area contributed by atoms with E-state index in [4.69, 9.17) is 4.74 Å². The van der Waals surface area contributed by atoms with Crippen LogP contribution in [0.1, 0.15) is 33.6 Å². The molecule has 14 heavy (non-hydrogen) atoms. The molecule has 0 aliphatic carbocycles. The highest BCUT2D eigenvalue weighted by molar-refractivity contribution is 4.51. The molecular weight excluding hydrogens is 178 g/mol. The van der Waals surface area contributed by atoms with Crippen molar-refractivity contribution in [2.45, 2.75) is 33.6 Å². The van der Waals surface area contributed by atoms with Crippen LogP contribution in [0.3, 0.4) is 0 Å². The lowest BCUT2D eigenvalue weighted by atomic mass is 10.2. The van der Waals surface area contributed by atoms with Gasteiger partial charge in [0.05, 0.1) is 19.9 Å². The molecule has 0 aliphatic heterocycles. The summed E-state index contributed by atoms with van der Waals surface area (Å²) in [6.07, 6.45) is 2.31. The van der Waals surface area contributed by atoms with E-state index in [0.29, 0.717) is 13.3 Å². The van der Waals surface area contributed by atoms with Crippen molar-refractivity contribution in [3.8, 4) is 0 Å². The molecular formula is C11H24NO2. The summed E-state index contributed by atoms with van der Waals surface area (Å²) in [6.45, 7) is 9.66. The smallest absolute Gasteiger partial charge is 0.0990 e. The second-order valence-electron chi connectivity index (χ2n) is 3.89. The van der Waals surface area contributed by atoms with Crippen molar-refractivity contribution >= 4 is 0 Å². The fourth-order valence-corrected chi connectivity index (χ4v) is 1.30. The van der Waals surface area contributed by atoms with Crippen molar-refractivity contribution < 1.29 is 9.84 Å². The molecule has 85 valence electrons.